The van der Waals surface area contributed by atoms with Crippen molar-refractivity contribution in [2.24, 2.45) is 0 Å². The zero-order valence-electron chi connectivity index (χ0n) is 11.6. The van der Waals surface area contributed by atoms with E-state index in [0.29, 0.717) is 0 Å². The third-order valence-corrected chi connectivity index (χ3v) is 13.2. The van der Waals surface area contributed by atoms with Gasteiger partial charge in [0.05, 0.1) is 0 Å². The molecular weight excluding hydrogens is 260 g/mol. The Morgan fingerprint density at radius 3 is 1.94 bits per heavy atom. The molecule has 0 radical (unpaired) electrons. The van der Waals surface area contributed by atoms with Crippen molar-refractivity contribution in [2.75, 3.05) is 0 Å². The van der Waals surface area contributed by atoms with Crippen LogP contribution in [-0.2, 0) is 8.23 Å². The Morgan fingerprint density at radius 1 is 1.12 bits per heavy atom. The van der Waals surface area contributed by atoms with Crippen LogP contribution in [-0.4, -0.2) is 25.9 Å². The second-order valence-electron chi connectivity index (χ2n) is 5.86. The average Bonchev–Trinajstić information content (AvgIpc) is 1.95. The van der Waals surface area contributed by atoms with Gasteiger partial charge in [0.15, 0.2) is 0 Å². The van der Waals surface area contributed by atoms with Gasteiger partial charge in [-0.2, -0.15) is 0 Å². The van der Waals surface area contributed by atoms with Crippen molar-refractivity contribution in [3.05, 3.63) is 0 Å². The Labute approximate surface area is 114 Å². The Morgan fingerprint density at radius 2 is 1.59 bits per heavy atom. The predicted molar refractivity (Wildman–Crippen MR) is 90.6 cm³/mol. The second kappa shape index (κ2) is 9.49. The van der Waals surface area contributed by atoms with Crippen LogP contribution in [0.25, 0.3) is 0 Å². The summed E-state index contributed by atoms with van der Waals surface area (Å²) in [6.45, 7) is 15.8. The van der Waals surface area contributed by atoms with Gasteiger partial charge in [0.2, 0.25) is 0 Å². The van der Waals surface area contributed by atoms with Gasteiger partial charge in [0, 0.05) is 0 Å². The van der Waals surface area contributed by atoms with E-state index >= 15 is 0 Å². The molecule has 0 atom stereocenters. The van der Waals surface area contributed by atoms with Crippen molar-refractivity contribution in [3.63, 3.8) is 0 Å². The van der Waals surface area contributed by atoms with Gasteiger partial charge >= 0.3 is 99.2 Å². The Kier molecular flexibility index (Phi) is 12.7. The normalized spacial score (nSPS) is 12.9. The summed E-state index contributed by atoms with van der Waals surface area (Å²) in [5.41, 5.74) is 0. The standard InChI is InChI=1S/C10H29O2Si3.2CH4/c1-8-9-10-14(4,5)12-15(6,7)11-13(2)3;;/h13-14H,8-10H2,1-7H3;2*1H4/q-1;;. The number of rotatable bonds is 7. The van der Waals surface area contributed by atoms with Crippen molar-refractivity contribution in [1.82, 2.24) is 0 Å². The molecule has 0 rings (SSSR count). The Bertz CT molecular complexity index is 183. The SMILES string of the molecule is C.C.CCCC[SiH-](C)(C)O[Si](C)(C)O[SiH](C)C. The van der Waals surface area contributed by atoms with Crippen LogP contribution in [0, 0.1) is 0 Å². The van der Waals surface area contributed by atoms with Crippen molar-refractivity contribution >= 4 is 25.9 Å². The molecule has 0 aromatic rings. The number of hydrogen-bond donors (Lipinski definition) is 0. The molecule has 0 unspecified atom stereocenters. The fourth-order valence-corrected chi connectivity index (χ4v) is 15.4. The van der Waals surface area contributed by atoms with E-state index in [4.69, 9.17) is 8.23 Å². The summed E-state index contributed by atoms with van der Waals surface area (Å²) in [6.07, 6.45) is 2.58. The third kappa shape index (κ3) is 12.8. The topological polar surface area (TPSA) is 18.5 Å². The maximum atomic E-state index is 6.36. The van der Waals surface area contributed by atoms with Gasteiger partial charge in [-0.15, -0.1) is 0 Å². The molecule has 0 aromatic heterocycles. The molecule has 110 valence electrons. The van der Waals surface area contributed by atoms with Gasteiger partial charge in [-0.3, -0.25) is 0 Å². The van der Waals surface area contributed by atoms with Crippen molar-refractivity contribution in [2.45, 2.75) is 79.9 Å². The van der Waals surface area contributed by atoms with Gasteiger partial charge in [-0.25, -0.2) is 0 Å². The zero-order valence-corrected chi connectivity index (χ0v) is 14.9. The molecular formula is C12H37O2Si3-. The molecule has 0 N–H and O–H groups in total. The molecule has 0 saturated carbocycles. The minimum absolute atomic E-state index is 0. The van der Waals surface area contributed by atoms with Gasteiger partial charge < -0.3 is 0 Å². The van der Waals surface area contributed by atoms with E-state index in [2.05, 4.69) is 46.2 Å². The van der Waals surface area contributed by atoms with Crippen LogP contribution in [0.15, 0.2) is 0 Å². The molecule has 0 bridgehead atoms. The van der Waals surface area contributed by atoms with Crippen LogP contribution in [0.3, 0.4) is 0 Å². The van der Waals surface area contributed by atoms with E-state index in [1.807, 2.05) is 0 Å². The van der Waals surface area contributed by atoms with Gasteiger partial charge in [-0.1, -0.05) is 14.9 Å². The van der Waals surface area contributed by atoms with Crippen molar-refractivity contribution < 1.29 is 8.23 Å². The fraction of sp³-hybridized carbons (Fsp3) is 1.00. The molecule has 0 amide bonds. The summed E-state index contributed by atoms with van der Waals surface area (Å²) in [6, 6.07) is 1.29. The summed E-state index contributed by atoms with van der Waals surface area (Å²) >= 11 is 0. The van der Waals surface area contributed by atoms with E-state index in [-0.39, 0.29) is 14.9 Å². The quantitative estimate of drug-likeness (QED) is 0.633. The molecule has 0 aliphatic rings. The van der Waals surface area contributed by atoms with Gasteiger partial charge in [0.25, 0.3) is 0 Å². The molecule has 0 aliphatic carbocycles. The summed E-state index contributed by atoms with van der Waals surface area (Å²) < 4.78 is 12.4. The molecule has 0 fully saturated rings. The average molecular weight is 298 g/mol. The van der Waals surface area contributed by atoms with Crippen LogP contribution in [0.1, 0.15) is 34.6 Å². The summed E-state index contributed by atoms with van der Waals surface area (Å²) in [5, 5.41) is 0. The monoisotopic (exact) mass is 297 g/mol. The predicted octanol–water partition coefficient (Wildman–Crippen LogP) is 4.71. The molecule has 17 heavy (non-hydrogen) atoms. The Hall–Kier alpha value is 0.571. The minimum atomic E-state index is -1.82. The number of unbranched alkanes of at least 4 members (excludes halogenated alkanes) is 1. The van der Waals surface area contributed by atoms with E-state index in [0.717, 1.165) is 0 Å². The van der Waals surface area contributed by atoms with Gasteiger partial charge in [0.1, 0.15) is 0 Å². The first kappa shape index (κ1) is 22.7. The van der Waals surface area contributed by atoms with E-state index in [1.54, 1.807) is 0 Å². The zero-order chi connectivity index (χ0) is 12.1. The molecule has 0 spiro atoms. The Balaban J connectivity index is -0.000000980. The molecule has 2 nitrogen and oxygen atoms in total. The first-order valence-electron chi connectivity index (χ1n) is 6.30. The molecule has 0 saturated heterocycles. The summed E-state index contributed by atoms with van der Waals surface area (Å²) in [7, 11) is -4.52. The van der Waals surface area contributed by atoms with Crippen molar-refractivity contribution in [1.29, 1.82) is 0 Å². The third-order valence-electron chi connectivity index (χ3n) is 2.38. The van der Waals surface area contributed by atoms with E-state index in [9.17, 15) is 0 Å². The summed E-state index contributed by atoms with van der Waals surface area (Å²) in [5.74, 6) is 0. The summed E-state index contributed by atoms with van der Waals surface area (Å²) in [4.78, 5) is 0. The van der Waals surface area contributed by atoms with Crippen LogP contribution in [0.2, 0.25) is 45.3 Å². The fourth-order valence-electron chi connectivity index (χ4n) is 2.12. The maximum absolute atomic E-state index is 6.36. The van der Waals surface area contributed by atoms with Crippen LogP contribution in [0.4, 0.5) is 0 Å². The van der Waals surface area contributed by atoms with E-state index < -0.39 is 25.9 Å². The van der Waals surface area contributed by atoms with Crippen molar-refractivity contribution in [3.8, 4) is 0 Å². The molecule has 0 aliphatic heterocycles. The van der Waals surface area contributed by atoms with Crippen LogP contribution < -0.4 is 0 Å². The second-order valence-corrected chi connectivity index (χ2v) is 17.3. The number of hydrogen-bond acceptors (Lipinski definition) is 2. The molecule has 5 heteroatoms. The van der Waals surface area contributed by atoms with Crippen LogP contribution >= 0.6 is 0 Å². The molecule has 0 heterocycles. The molecule has 0 aromatic carbocycles. The van der Waals surface area contributed by atoms with Crippen LogP contribution in [0.5, 0.6) is 0 Å². The van der Waals surface area contributed by atoms with Gasteiger partial charge in [-0.05, 0) is 0 Å². The first-order chi connectivity index (χ1) is 6.68. The van der Waals surface area contributed by atoms with E-state index in [1.165, 1.54) is 18.9 Å². The first-order valence-corrected chi connectivity index (χ1v) is 15.5.